The lowest BCUT2D eigenvalue weighted by Crippen LogP contribution is -1.86. The summed E-state index contributed by atoms with van der Waals surface area (Å²) in [5.74, 6) is -1.13. The Labute approximate surface area is 61.5 Å². The molecule has 0 unspecified atom stereocenters. The molecule has 0 bridgehead atoms. The normalized spacial score (nSPS) is 9.90. The van der Waals surface area contributed by atoms with E-state index in [4.69, 9.17) is 0 Å². The number of hydrogen-bond acceptors (Lipinski definition) is 2. The summed E-state index contributed by atoms with van der Waals surface area (Å²) in [5.41, 5.74) is 0. The molecule has 0 N–H and O–H groups in total. The third kappa shape index (κ3) is 1.44. The van der Waals surface area contributed by atoms with Crippen LogP contribution in [0.1, 0.15) is 0 Å². The first-order chi connectivity index (χ1) is 4.74. The third-order valence-corrected chi connectivity index (χ3v) is 1.76. The average Bonchev–Trinajstić information content (AvgIpc) is 1.94. The number of rotatable bonds is 1. The Balaban J connectivity index is 3.09. The minimum atomic E-state index is -0.647. The van der Waals surface area contributed by atoms with Gasteiger partial charge < -0.3 is 0 Å². The number of pyridine rings is 1. The van der Waals surface area contributed by atoms with E-state index < -0.39 is 11.8 Å². The second-order valence-electron chi connectivity index (χ2n) is 1.64. The van der Waals surface area contributed by atoms with Gasteiger partial charge in [-0.05, 0) is 6.26 Å². The minimum Gasteiger partial charge on any atom is -0.225 e. The molecule has 0 fully saturated rings. The van der Waals surface area contributed by atoms with Gasteiger partial charge in [0.25, 0.3) is 0 Å². The topological polar surface area (TPSA) is 12.9 Å². The summed E-state index contributed by atoms with van der Waals surface area (Å²) < 4.78 is 24.8. The van der Waals surface area contributed by atoms with Crippen LogP contribution in [0.15, 0.2) is 17.2 Å². The molecule has 0 saturated heterocycles. The van der Waals surface area contributed by atoms with Crippen LogP contribution >= 0.6 is 11.8 Å². The Morgan fingerprint density at radius 2 is 2.20 bits per heavy atom. The maximum absolute atomic E-state index is 12.5. The monoisotopic (exact) mass is 161 g/mol. The Bertz CT molecular complexity index is 239. The highest BCUT2D eigenvalue weighted by Gasteiger charge is 2.01. The van der Waals surface area contributed by atoms with E-state index in [0.29, 0.717) is 0 Å². The van der Waals surface area contributed by atoms with E-state index in [1.54, 1.807) is 6.26 Å². The second-order valence-corrected chi connectivity index (χ2v) is 2.49. The molecule has 0 aliphatic heterocycles. The van der Waals surface area contributed by atoms with Crippen LogP contribution in [-0.4, -0.2) is 11.2 Å². The van der Waals surface area contributed by atoms with Crippen LogP contribution in [0.4, 0.5) is 8.78 Å². The van der Waals surface area contributed by atoms with Crippen molar-refractivity contribution in [1.82, 2.24) is 4.98 Å². The van der Waals surface area contributed by atoms with Crippen molar-refractivity contribution in [3.8, 4) is 0 Å². The second kappa shape index (κ2) is 2.96. The van der Waals surface area contributed by atoms with Crippen molar-refractivity contribution < 1.29 is 8.78 Å². The fourth-order valence-electron chi connectivity index (χ4n) is 0.553. The van der Waals surface area contributed by atoms with Gasteiger partial charge in [-0.15, -0.1) is 11.8 Å². The Morgan fingerprint density at radius 3 is 2.70 bits per heavy atom. The van der Waals surface area contributed by atoms with Gasteiger partial charge in [-0.3, -0.25) is 0 Å². The quantitative estimate of drug-likeness (QED) is 0.462. The zero-order valence-electron chi connectivity index (χ0n) is 5.27. The van der Waals surface area contributed by atoms with Gasteiger partial charge in [0.1, 0.15) is 0 Å². The molecular weight excluding hydrogens is 156 g/mol. The van der Waals surface area contributed by atoms with Crippen LogP contribution < -0.4 is 0 Å². The first-order valence-corrected chi connectivity index (χ1v) is 3.81. The maximum atomic E-state index is 12.5. The third-order valence-electron chi connectivity index (χ3n) is 1.01. The van der Waals surface area contributed by atoms with E-state index in [9.17, 15) is 8.78 Å². The number of thioether (sulfide) groups is 1. The summed E-state index contributed by atoms with van der Waals surface area (Å²) in [7, 11) is 0. The molecule has 0 amide bonds. The molecule has 1 aromatic rings. The highest BCUT2D eigenvalue weighted by atomic mass is 32.2. The molecule has 0 saturated carbocycles. The van der Waals surface area contributed by atoms with Crippen LogP contribution in [0.5, 0.6) is 0 Å². The van der Waals surface area contributed by atoms with E-state index >= 15 is 0 Å². The van der Waals surface area contributed by atoms with Crippen LogP contribution in [0.3, 0.4) is 0 Å². The summed E-state index contributed by atoms with van der Waals surface area (Å²) in [4.78, 5) is 3.42. The number of hydrogen-bond donors (Lipinski definition) is 0. The van der Waals surface area contributed by atoms with Gasteiger partial charge in [-0.25, -0.2) is 9.37 Å². The van der Waals surface area contributed by atoms with Crippen molar-refractivity contribution in [2.45, 2.75) is 4.90 Å². The first kappa shape index (κ1) is 7.47. The SMILES string of the molecule is CSc1cc(F)ncc1F. The number of aromatic nitrogens is 1. The van der Waals surface area contributed by atoms with Crippen molar-refractivity contribution in [2.24, 2.45) is 0 Å². The van der Waals surface area contributed by atoms with Gasteiger partial charge in [0, 0.05) is 11.0 Å². The van der Waals surface area contributed by atoms with Crippen LogP contribution in [0.2, 0.25) is 0 Å². The lowest BCUT2D eigenvalue weighted by atomic mass is 10.5. The predicted octanol–water partition coefficient (Wildman–Crippen LogP) is 2.08. The maximum Gasteiger partial charge on any atom is 0.214 e. The van der Waals surface area contributed by atoms with Crippen molar-refractivity contribution >= 4 is 11.8 Å². The average molecular weight is 161 g/mol. The summed E-state index contributed by atoms with van der Waals surface area (Å²) in [6.45, 7) is 0. The van der Waals surface area contributed by atoms with Crippen LogP contribution in [0, 0.1) is 11.8 Å². The van der Waals surface area contributed by atoms with Crippen molar-refractivity contribution in [2.75, 3.05) is 6.26 Å². The molecule has 0 radical (unpaired) electrons. The summed E-state index contributed by atoms with van der Waals surface area (Å²) in [6, 6.07) is 1.07. The molecule has 1 nitrogen and oxygen atoms in total. The van der Waals surface area contributed by atoms with Gasteiger partial charge in [-0.2, -0.15) is 4.39 Å². The van der Waals surface area contributed by atoms with E-state index in [0.717, 1.165) is 24.0 Å². The fourth-order valence-corrected chi connectivity index (χ4v) is 1.02. The molecule has 1 rings (SSSR count). The minimum absolute atomic E-state index is 0.285. The zero-order valence-corrected chi connectivity index (χ0v) is 6.08. The first-order valence-electron chi connectivity index (χ1n) is 2.59. The Morgan fingerprint density at radius 1 is 1.50 bits per heavy atom. The molecule has 0 atom stereocenters. The summed E-state index contributed by atoms with van der Waals surface area (Å²) >= 11 is 1.15. The molecular formula is C6H5F2NS. The lowest BCUT2D eigenvalue weighted by Gasteiger charge is -1.95. The zero-order chi connectivity index (χ0) is 7.56. The van der Waals surface area contributed by atoms with Gasteiger partial charge in [0.2, 0.25) is 5.95 Å². The van der Waals surface area contributed by atoms with Gasteiger partial charge in [0.15, 0.2) is 5.82 Å². The molecule has 1 heterocycles. The predicted molar refractivity (Wildman–Crippen MR) is 35.9 cm³/mol. The van der Waals surface area contributed by atoms with Crippen molar-refractivity contribution in [3.63, 3.8) is 0 Å². The number of nitrogens with zero attached hydrogens (tertiary/aromatic N) is 1. The molecule has 0 aliphatic carbocycles. The van der Waals surface area contributed by atoms with Gasteiger partial charge in [0.05, 0.1) is 6.20 Å². The molecule has 4 heteroatoms. The molecule has 0 aliphatic rings. The highest BCUT2D eigenvalue weighted by molar-refractivity contribution is 7.98. The molecule has 54 valence electrons. The van der Waals surface area contributed by atoms with Crippen LogP contribution in [0.25, 0.3) is 0 Å². The highest BCUT2D eigenvalue weighted by Crippen LogP contribution is 2.17. The Hall–Kier alpha value is -0.640. The van der Waals surface area contributed by atoms with E-state index in [-0.39, 0.29) is 4.90 Å². The van der Waals surface area contributed by atoms with E-state index in [1.807, 2.05) is 0 Å². The molecule has 0 spiro atoms. The smallest absolute Gasteiger partial charge is 0.214 e. The molecule has 10 heavy (non-hydrogen) atoms. The number of halogens is 2. The van der Waals surface area contributed by atoms with Gasteiger partial charge in [-0.1, -0.05) is 0 Å². The summed E-state index contributed by atoms with van der Waals surface area (Å²) in [6.07, 6.45) is 2.55. The largest absolute Gasteiger partial charge is 0.225 e. The van der Waals surface area contributed by atoms with Crippen molar-refractivity contribution in [3.05, 3.63) is 24.0 Å². The van der Waals surface area contributed by atoms with E-state index in [2.05, 4.69) is 4.98 Å². The fraction of sp³-hybridized carbons (Fsp3) is 0.167. The van der Waals surface area contributed by atoms with Crippen LogP contribution in [-0.2, 0) is 0 Å². The lowest BCUT2D eigenvalue weighted by molar-refractivity contribution is 0.542. The van der Waals surface area contributed by atoms with E-state index in [1.165, 1.54) is 0 Å². The molecule has 0 aromatic carbocycles. The molecule has 1 aromatic heterocycles. The van der Waals surface area contributed by atoms with Gasteiger partial charge >= 0.3 is 0 Å². The van der Waals surface area contributed by atoms with Crippen molar-refractivity contribution in [1.29, 1.82) is 0 Å². The standard InChI is InChI=1S/C6H5F2NS/c1-10-5-2-6(8)9-3-4(5)7/h2-3H,1H3. The summed E-state index contributed by atoms with van der Waals surface area (Å²) in [5, 5.41) is 0. The Kier molecular flexibility index (Phi) is 2.21.